The molecular formula is C15H24N6OS. The van der Waals surface area contributed by atoms with Crippen LogP contribution in [-0.2, 0) is 4.74 Å². The number of hydrazine groups is 1. The maximum atomic E-state index is 5.49. The third kappa shape index (κ3) is 3.03. The molecule has 126 valence electrons. The lowest BCUT2D eigenvalue weighted by Gasteiger charge is -2.27. The maximum absolute atomic E-state index is 5.49. The third-order valence-corrected chi connectivity index (χ3v) is 6.48. The molecule has 0 radical (unpaired) electrons. The molecule has 2 fully saturated rings. The summed E-state index contributed by atoms with van der Waals surface area (Å²) in [7, 11) is 0. The summed E-state index contributed by atoms with van der Waals surface area (Å²) in [5, 5.41) is 4.23. The number of aromatic nitrogens is 3. The molecule has 2 aliphatic rings. The number of rotatable bonds is 3. The van der Waals surface area contributed by atoms with Gasteiger partial charge < -0.3 is 10.2 Å². The largest absolute Gasteiger partial charge is 0.381 e. The molecule has 0 aliphatic carbocycles. The summed E-state index contributed by atoms with van der Waals surface area (Å²) in [4.78, 5) is 4.23. The molecular weight excluding hydrogens is 312 g/mol. The molecule has 0 amide bonds. The number of anilines is 1. The average Bonchev–Trinajstić information content (AvgIpc) is 3.15. The Hall–Kier alpha value is -1.35. The van der Waals surface area contributed by atoms with E-state index in [9.17, 15) is 0 Å². The van der Waals surface area contributed by atoms with Crippen LogP contribution in [0.2, 0.25) is 0 Å². The lowest BCUT2D eigenvalue weighted by molar-refractivity contribution is 0.0570. The van der Waals surface area contributed by atoms with Crippen molar-refractivity contribution >= 4 is 22.6 Å². The maximum Gasteiger partial charge on any atom is 0.155 e. The zero-order chi connectivity index (χ0) is 15.8. The van der Waals surface area contributed by atoms with E-state index in [0.717, 1.165) is 37.0 Å². The molecule has 0 bridgehead atoms. The van der Waals surface area contributed by atoms with Crippen LogP contribution in [-0.4, -0.2) is 51.1 Å². The summed E-state index contributed by atoms with van der Waals surface area (Å²) in [6.07, 6.45) is 8.20. The summed E-state index contributed by atoms with van der Waals surface area (Å²) in [5.41, 5.74) is 6.74. The van der Waals surface area contributed by atoms with E-state index in [-0.39, 0.29) is 11.3 Å². The second-order valence-corrected chi connectivity index (χ2v) is 8.12. The molecule has 0 spiro atoms. The number of thiol groups is 1. The first-order valence-electron chi connectivity index (χ1n) is 8.12. The number of pyridine rings is 1. The molecule has 7 nitrogen and oxygen atoms in total. The smallest absolute Gasteiger partial charge is 0.155 e. The van der Waals surface area contributed by atoms with E-state index in [2.05, 4.69) is 43.9 Å². The van der Waals surface area contributed by atoms with Crippen molar-refractivity contribution in [2.24, 2.45) is 5.92 Å². The van der Waals surface area contributed by atoms with E-state index in [1.54, 1.807) is 6.33 Å². The van der Waals surface area contributed by atoms with Gasteiger partial charge in [0.25, 0.3) is 0 Å². The van der Waals surface area contributed by atoms with Gasteiger partial charge in [-0.1, -0.05) is 0 Å². The van der Waals surface area contributed by atoms with E-state index in [1.165, 1.54) is 18.4 Å². The molecule has 2 unspecified atom stereocenters. The van der Waals surface area contributed by atoms with Crippen molar-refractivity contribution in [3.63, 3.8) is 0 Å². The summed E-state index contributed by atoms with van der Waals surface area (Å²) in [6, 6.07) is 2.62. The van der Waals surface area contributed by atoms with Crippen molar-refractivity contribution in [3.05, 3.63) is 24.2 Å². The first kappa shape index (κ1) is 15.2. The van der Waals surface area contributed by atoms with Crippen LogP contribution in [0.15, 0.2) is 18.6 Å². The summed E-state index contributed by atoms with van der Waals surface area (Å²) >= 11 is -0.374. The van der Waals surface area contributed by atoms with Crippen LogP contribution in [0.5, 0.6) is 0 Å². The Morgan fingerprint density at radius 2 is 2.22 bits per heavy atom. The summed E-state index contributed by atoms with van der Waals surface area (Å²) in [6.45, 7) is 4.94. The Labute approximate surface area is 139 Å². The number of hydrogen-bond donors (Lipinski definition) is 3. The van der Waals surface area contributed by atoms with E-state index >= 15 is 0 Å². The second kappa shape index (κ2) is 6.27. The highest BCUT2D eigenvalue weighted by Crippen LogP contribution is 2.35. The minimum Gasteiger partial charge on any atom is -0.381 e. The van der Waals surface area contributed by atoms with Crippen molar-refractivity contribution in [1.29, 1.82) is 0 Å². The predicted octanol–water partition coefficient (Wildman–Crippen LogP) is 1.53. The molecule has 2 N–H and O–H groups in total. The van der Waals surface area contributed by atoms with Gasteiger partial charge in [0.15, 0.2) is 5.65 Å². The van der Waals surface area contributed by atoms with Crippen LogP contribution in [0, 0.1) is 12.8 Å². The minimum atomic E-state index is -0.374. The van der Waals surface area contributed by atoms with Crippen LogP contribution in [0.25, 0.3) is 5.65 Å². The van der Waals surface area contributed by atoms with Gasteiger partial charge in [-0.05, 0) is 43.6 Å². The zero-order valence-corrected chi connectivity index (χ0v) is 14.5. The zero-order valence-electron chi connectivity index (χ0n) is 13.6. The number of nitrogens with zero attached hydrogens (tertiary/aromatic N) is 4. The fourth-order valence-electron chi connectivity index (χ4n) is 3.37. The standard InChI is InChI=1S/C15H24N6OS/c1-11-7-15-16-10-17-20(15)8-13(11)18-21-9-14(19-23(21)2)12-3-5-22-6-4-12/h7-8,10,12,14,18-19,23H,3-6,9H2,1-2H3. The molecule has 2 aromatic heterocycles. The number of hydrogen-bond acceptors (Lipinski definition) is 6. The van der Waals surface area contributed by atoms with Crippen LogP contribution in [0.3, 0.4) is 0 Å². The highest BCUT2D eigenvalue weighted by atomic mass is 32.2. The summed E-state index contributed by atoms with van der Waals surface area (Å²) < 4.78 is 13.4. The molecule has 2 aromatic rings. The number of ether oxygens (including phenoxy) is 1. The lowest BCUT2D eigenvalue weighted by Crippen LogP contribution is -2.36. The van der Waals surface area contributed by atoms with E-state index in [4.69, 9.17) is 4.74 Å². The quantitative estimate of drug-likeness (QED) is 0.739. The minimum absolute atomic E-state index is 0.374. The molecule has 2 atom stereocenters. The van der Waals surface area contributed by atoms with Gasteiger partial charge in [-0.3, -0.25) is 4.72 Å². The fraction of sp³-hybridized carbons (Fsp3) is 0.600. The molecule has 2 aliphatic heterocycles. The third-order valence-electron chi connectivity index (χ3n) is 4.79. The van der Waals surface area contributed by atoms with Crippen molar-refractivity contribution in [3.8, 4) is 0 Å². The first-order chi connectivity index (χ1) is 11.2. The Kier molecular flexibility index (Phi) is 4.14. The molecule has 8 heteroatoms. The Bertz CT molecular complexity index is 686. The van der Waals surface area contributed by atoms with Crippen molar-refractivity contribution in [1.82, 2.24) is 23.7 Å². The van der Waals surface area contributed by atoms with Gasteiger partial charge in [-0.25, -0.2) is 9.50 Å². The Morgan fingerprint density at radius 1 is 1.39 bits per heavy atom. The number of nitrogens with one attached hydrogen (secondary N) is 2. The van der Waals surface area contributed by atoms with Gasteiger partial charge >= 0.3 is 0 Å². The van der Waals surface area contributed by atoms with Gasteiger partial charge in [-0.15, -0.1) is 11.3 Å². The monoisotopic (exact) mass is 336 g/mol. The van der Waals surface area contributed by atoms with Crippen LogP contribution >= 0.6 is 11.3 Å². The molecule has 0 saturated carbocycles. The van der Waals surface area contributed by atoms with Crippen LogP contribution in [0.1, 0.15) is 18.4 Å². The highest BCUT2D eigenvalue weighted by molar-refractivity contribution is 8.12. The number of aryl methyl sites for hydroxylation is 1. The van der Waals surface area contributed by atoms with Crippen LogP contribution < -0.4 is 10.1 Å². The molecule has 2 saturated heterocycles. The Morgan fingerprint density at radius 3 is 3.04 bits per heavy atom. The van der Waals surface area contributed by atoms with Gasteiger partial charge in [0, 0.05) is 25.8 Å². The second-order valence-electron chi connectivity index (χ2n) is 6.34. The van der Waals surface area contributed by atoms with Crippen LogP contribution in [0.4, 0.5) is 5.69 Å². The van der Waals surface area contributed by atoms with E-state index < -0.39 is 0 Å². The SMILES string of the molecule is Cc1cc2ncnn2cc1NN1CC(C2CCOCC2)N[SH]1C. The highest BCUT2D eigenvalue weighted by Gasteiger charge is 2.33. The summed E-state index contributed by atoms with van der Waals surface area (Å²) in [5.74, 6) is 0.722. The molecule has 4 rings (SSSR count). The predicted molar refractivity (Wildman–Crippen MR) is 93.4 cm³/mol. The molecule has 0 aromatic carbocycles. The van der Waals surface area contributed by atoms with Gasteiger partial charge in [0.05, 0.1) is 11.9 Å². The van der Waals surface area contributed by atoms with Gasteiger partial charge in [-0.2, -0.15) is 9.51 Å². The topological polar surface area (TPSA) is 66.7 Å². The average molecular weight is 336 g/mol. The lowest BCUT2D eigenvalue weighted by atomic mass is 9.92. The molecule has 4 heterocycles. The van der Waals surface area contributed by atoms with E-state index in [0.29, 0.717) is 6.04 Å². The fourth-order valence-corrected chi connectivity index (χ4v) is 4.96. The molecule has 23 heavy (non-hydrogen) atoms. The van der Waals surface area contributed by atoms with Crippen molar-refractivity contribution in [2.45, 2.75) is 25.8 Å². The normalized spacial score (nSPS) is 28.4. The van der Waals surface area contributed by atoms with Gasteiger partial charge in [0.2, 0.25) is 0 Å². The van der Waals surface area contributed by atoms with Crippen molar-refractivity contribution < 1.29 is 4.74 Å². The Balaban J connectivity index is 1.48. The van der Waals surface area contributed by atoms with E-state index in [1.807, 2.05) is 10.7 Å². The van der Waals surface area contributed by atoms with Crippen molar-refractivity contribution in [2.75, 3.05) is 31.4 Å². The first-order valence-corrected chi connectivity index (χ1v) is 9.86. The van der Waals surface area contributed by atoms with Gasteiger partial charge in [0.1, 0.15) is 6.33 Å². The number of fused-ring (bicyclic) bond motifs is 1.